The third-order valence-corrected chi connectivity index (χ3v) is 6.08. The van der Waals surface area contributed by atoms with Crippen molar-refractivity contribution >= 4 is 28.2 Å². The predicted molar refractivity (Wildman–Crippen MR) is 93.3 cm³/mol. The Balaban J connectivity index is 0.00000264. The SMILES string of the molecule is CC1(N)CCCCC1C(=O)NCCS(=O)(=O)c1ccccc1.Cl. The van der Waals surface area contributed by atoms with Crippen molar-refractivity contribution in [3.63, 3.8) is 0 Å². The van der Waals surface area contributed by atoms with Gasteiger partial charge in [0.15, 0.2) is 9.84 Å². The molecule has 0 aliphatic heterocycles. The Morgan fingerprint density at radius 1 is 1.30 bits per heavy atom. The summed E-state index contributed by atoms with van der Waals surface area (Å²) in [6, 6.07) is 8.27. The average Bonchev–Trinajstić information content (AvgIpc) is 2.47. The van der Waals surface area contributed by atoms with Crippen molar-refractivity contribution < 1.29 is 13.2 Å². The quantitative estimate of drug-likeness (QED) is 0.839. The van der Waals surface area contributed by atoms with Crippen LogP contribution < -0.4 is 11.1 Å². The monoisotopic (exact) mass is 360 g/mol. The molecule has 1 aromatic carbocycles. The van der Waals surface area contributed by atoms with Crippen LogP contribution in [-0.2, 0) is 14.6 Å². The third kappa shape index (κ3) is 5.19. The molecule has 2 unspecified atom stereocenters. The summed E-state index contributed by atoms with van der Waals surface area (Å²) in [7, 11) is -3.36. The summed E-state index contributed by atoms with van der Waals surface area (Å²) in [6.07, 6.45) is 3.63. The first-order valence-electron chi connectivity index (χ1n) is 7.67. The second kappa shape index (κ2) is 8.13. The molecule has 0 aromatic heterocycles. The Kier molecular flexibility index (Phi) is 7.04. The molecule has 23 heavy (non-hydrogen) atoms. The number of hydrogen-bond acceptors (Lipinski definition) is 4. The Labute approximate surface area is 144 Å². The molecule has 130 valence electrons. The van der Waals surface area contributed by atoms with Crippen molar-refractivity contribution in [1.29, 1.82) is 0 Å². The summed E-state index contributed by atoms with van der Waals surface area (Å²) in [4.78, 5) is 12.5. The fraction of sp³-hybridized carbons (Fsp3) is 0.562. The van der Waals surface area contributed by atoms with Gasteiger partial charge in [0.2, 0.25) is 5.91 Å². The van der Waals surface area contributed by atoms with E-state index >= 15 is 0 Å². The molecule has 1 aliphatic carbocycles. The molecule has 1 aliphatic rings. The predicted octanol–water partition coefficient (Wildman–Crippen LogP) is 1.91. The molecular formula is C16H25ClN2O3S. The van der Waals surface area contributed by atoms with Crippen molar-refractivity contribution in [3.8, 4) is 0 Å². The zero-order valence-electron chi connectivity index (χ0n) is 13.3. The number of carbonyl (C=O) groups excluding carboxylic acids is 1. The van der Waals surface area contributed by atoms with E-state index in [1.165, 1.54) is 0 Å². The van der Waals surface area contributed by atoms with Gasteiger partial charge in [0.05, 0.1) is 16.6 Å². The molecule has 1 fully saturated rings. The minimum Gasteiger partial charge on any atom is -0.355 e. The van der Waals surface area contributed by atoms with Crippen LogP contribution >= 0.6 is 12.4 Å². The van der Waals surface area contributed by atoms with Crippen LogP contribution in [0.1, 0.15) is 32.6 Å². The topological polar surface area (TPSA) is 89.3 Å². The molecule has 0 radical (unpaired) electrons. The van der Waals surface area contributed by atoms with Gasteiger partial charge in [-0.15, -0.1) is 12.4 Å². The van der Waals surface area contributed by atoms with Crippen molar-refractivity contribution in [2.75, 3.05) is 12.3 Å². The van der Waals surface area contributed by atoms with Crippen LogP contribution in [0.5, 0.6) is 0 Å². The maximum Gasteiger partial charge on any atom is 0.224 e. The smallest absolute Gasteiger partial charge is 0.224 e. The standard InChI is InChI=1S/C16H24N2O3S.ClH/c1-16(17)10-6-5-9-14(16)15(19)18-11-12-22(20,21)13-7-3-2-4-8-13;/h2-4,7-8,14H,5-6,9-12,17H2,1H3,(H,18,19);1H. The molecule has 0 spiro atoms. The lowest BCUT2D eigenvalue weighted by Gasteiger charge is -2.37. The van der Waals surface area contributed by atoms with Crippen molar-refractivity contribution in [2.45, 2.75) is 43.0 Å². The summed E-state index contributed by atoms with van der Waals surface area (Å²) < 4.78 is 24.3. The molecule has 1 saturated carbocycles. The maximum absolute atomic E-state index is 12.3. The van der Waals surface area contributed by atoms with E-state index in [1.54, 1.807) is 30.3 Å². The van der Waals surface area contributed by atoms with E-state index in [0.717, 1.165) is 25.7 Å². The normalized spacial score (nSPS) is 24.5. The summed E-state index contributed by atoms with van der Waals surface area (Å²) >= 11 is 0. The van der Waals surface area contributed by atoms with Crippen LogP contribution in [0.2, 0.25) is 0 Å². The molecule has 2 atom stereocenters. The van der Waals surface area contributed by atoms with Gasteiger partial charge in [0, 0.05) is 12.1 Å². The highest BCUT2D eigenvalue weighted by molar-refractivity contribution is 7.91. The van der Waals surface area contributed by atoms with Crippen LogP contribution in [0.4, 0.5) is 0 Å². The van der Waals surface area contributed by atoms with Gasteiger partial charge in [-0.2, -0.15) is 0 Å². The molecule has 1 amide bonds. The average molecular weight is 361 g/mol. The van der Waals surface area contributed by atoms with Crippen molar-refractivity contribution in [2.24, 2.45) is 11.7 Å². The van der Waals surface area contributed by atoms with E-state index in [0.29, 0.717) is 0 Å². The second-order valence-electron chi connectivity index (χ2n) is 6.23. The highest BCUT2D eigenvalue weighted by Gasteiger charge is 2.37. The summed E-state index contributed by atoms with van der Waals surface area (Å²) in [6.45, 7) is 2.01. The number of rotatable bonds is 5. The number of sulfone groups is 1. The minimum absolute atomic E-state index is 0. The molecule has 0 heterocycles. The van der Waals surface area contributed by atoms with E-state index in [4.69, 9.17) is 5.73 Å². The van der Waals surface area contributed by atoms with Gasteiger partial charge in [-0.3, -0.25) is 4.79 Å². The van der Waals surface area contributed by atoms with Gasteiger partial charge in [-0.05, 0) is 31.9 Å². The zero-order chi connectivity index (χ0) is 16.2. The van der Waals surface area contributed by atoms with Gasteiger partial charge in [0.25, 0.3) is 0 Å². The lowest BCUT2D eigenvalue weighted by molar-refractivity contribution is -0.127. The second-order valence-corrected chi connectivity index (χ2v) is 8.34. The van der Waals surface area contributed by atoms with Gasteiger partial charge < -0.3 is 11.1 Å². The van der Waals surface area contributed by atoms with Crippen molar-refractivity contribution in [3.05, 3.63) is 30.3 Å². The van der Waals surface area contributed by atoms with E-state index in [9.17, 15) is 13.2 Å². The van der Waals surface area contributed by atoms with E-state index in [-0.39, 0.29) is 41.4 Å². The largest absolute Gasteiger partial charge is 0.355 e. The van der Waals surface area contributed by atoms with Crippen LogP contribution in [0.15, 0.2) is 35.2 Å². The molecule has 5 nitrogen and oxygen atoms in total. The third-order valence-electron chi connectivity index (χ3n) is 4.34. The number of nitrogens with one attached hydrogen (secondary N) is 1. The molecule has 3 N–H and O–H groups in total. The molecular weight excluding hydrogens is 336 g/mol. The fourth-order valence-corrected chi connectivity index (χ4v) is 4.14. The first kappa shape index (κ1) is 19.9. The Hall–Kier alpha value is -1.11. The Bertz CT molecular complexity index is 617. The van der Waals surface area contributed by atoms with E-state index < -0.39 is 15.4 Å². The summed E-state index contributed by atoms with van der Waals surface area (Å²) in [5.74, 6) is -0.467. The number of nitrogens with two attached hydrogens (primary N) is 1. The van der Waals surface area contributed by atoms with Crippen LogP contribution in [0.3, 0.4) is 0 Å². The van der Waals surface area contributed by atoms with Crippen LogP contribution in [0.25, 0.3) is 0 Å². The number of amides is 1. The molecule has 7 heteroatoms. The van der Waals surface area contributed by atoms with Gasteiger partial charge >= 0.3 is 0 Å². The van der Waals surface area contributed by atoms with Gasteiger partial charge in [0.1, 0.15) is 0 Å². The molecule has 0 bridgehead atoms. The Morgan fingerprint density at radius 2 is 1.96 bits per heavy atom. The fourth-order valence-electron chi connectivity index (χ4n) is 2.97. The summed E-state index contributed by atoms with van der Waals surface area (Å²) in [5.41, 5.74) is 5.69. The highest BCUT2D eigenvalue weighted by atomic mass is 35.5. The minimum atomic E-state index is -3.36. The van der Waals surface area contributed by atoms with E-state index in [1.807, 2.05) is 6.92 Å². The maximum atomic E-state index is 12.3. The molecule has 1 aromatic rings. The number of hydrogen-bond donors (Lipinski definition) is 2. The Morgan fingerprint density at radius 3 is 2.57 bits per heavy atom. The zero-order valence-corrected chi connectivity index (χ0v) is 15.0. The first-order chi connectivity index (χ1) is 10.3. The van der Waals surface area contributed by atoms with E-state index in [2.05, 4.69) is 5.32 Å². The number of benzene rings is 1. The number of carbonyl (C=O) groups is 1. The highest BCUT2D eigenvalue weighted by Crippen LogP contribution is 2.31. The lowest BCUT2D eigenvalue weighted by atomic mass is 9.74. The first-order valence-corrected chi connectivity index (χ1v) is 9.32. The van der Waals surface area contributed by atoms with Gasteiger partial charge in [-0.1, -0.05) is 31.0 Å². The van der Waals surface area contributed by atoms with Crippen molar-refractivity contribution in [1.82, 2.24) is 5.32 Å². The molecule has 2 rings (SSSR count). The lowest BCUT2D eigenvalue weighted by Crippen LogP contribution is -2.53. The van der Waals surface area contributed by atoms with Crippen LogP contribution in [0, 0.1) is 5.92 Å². The molecule has 0 saturated heterocycles. The van der Waals surface area contributed by atoms with Crippen LogP contribution in [-0.4, -0.2) is 32.2 Å². The van der Waals surface area contributed by atoms with Gasteiger partial charge in [-0.25, -0.2) is 8.42 Å². The number of halogens is 1. The summed E-state index contributed by atoms with van der Waals surface area (Å²) in [5, 5.41) is 2.74.